The van der Waals surface area contributed by atoms with Crippen LogP contribution in [0.5, 0.6) is 5.75 Å². The van der Waals surface area contributed by atoms with Gasteiger partial charge in [0.05, 0.1) is 12.3 Å². The summed E-state index contributed by atoms with van der Waals surface area (Å²) in [5, 5.41) is 0. The first-order valence-electron chi connectivity index (χ1n) is 27.4. The Labute approximate surface area is 409 Å². The molecule has 0 radical (unpaired) electrons. The highest BCUT2D eigenvalue weighted by atomic mass is 33.1. The molecule has 0 bridgehead atoms. The zero-order valence-electron chi connectivity index (χ0n) is 42.8. The van der Waals surface area contributed by atoms with Gasteiger partial charge in [0.1, 0.15) is 19.0 Å². The number of ether oxygens (including phenoxy) is 3. The summed E-state index contributed by atoms with van der Waals surface area (Å²) in [5.41, 5.74) is 0.835. The second kappa shape index (κ2) is 47.4. The van der Waals surface area contributed by atoms with Gasteiger partial charge in [0, 0.05) is 17.9 Å². The first-order chi connectivity index (χ1) is 31.8. The molecule has 7 nitrogen and oxygen atoms in total. The van der Waals surface area contributed by atoms with E-state index < -0.39 is 0 Å². The lowest BCUT2D eigenvalue weighted by Gasteiger charge is -2.16. The van der Waals surface area contributed by atoms with Crippen LogP contribution >= 0.6 is 21.6 Å². The number of unbranched alkanes of at least 4 members (excludes halogenated alkanes) is 30. The minimum Gasteiger partial charge on any atom is -0.465 e. The predicted octanol–water partition coefficient (Wildman–Crippen LogP) is 16.9. The van der Waals surface area contributed by atoms with Crippen LogP contribution in [0.25, 0.3) is 0 Å². The van der Waals surface area contributed by atoms with Crippen molar-refractivity contribution in [3.05, 3.63) is 29.8 Å². The average Bonchev–Trinajstić information content (AvgIpc) is 3.29. The molecule has 0 unspecified atom stereocenters. The molecular formula is C56H101NO6S2. The summed E-state index contributed by atoms with van der Waals surface area (Å²) in [6.45, 7) is 6.17. The first kappa shape index (κ1) is 61.3. The Kier molecular flexibility index (Phi) is 44.7. The number of carbonyl (C=O) groups excluding carboxylic acids is 3. The normalized spacial score (nSPS) is 11.5. The Morgan fingerprint density at radius 1 is 0.477 bits per heavy atom. The summed E-state index contributed by atoms with van der Waals surface area (Å²) in [5.74, 6) is 1.33. The number of esters is 3. The van der Waals surface area contributed by atoms with E-state index in [2.05, 4.69) is 18.7 Å². The van der Waals surface area contributed by atoms with Gasteiger partial charge in [0.25, 0.3) is 0 Å². The van der Waals surface area contributed by atoms with Crippen LogP contribution in [0.3, 0.4) is 0 Å². The molecule has 0 fully saturated rings. The number of hydrogen-bond acceptors (Lipinski definition) is 9. The average molecular weight is 949 g/mol. The van der Waals surface area contributed by atoms with E-state index in [1.54, 1.807) is 21.6 Å². The predicted molar refractivity (Wildman–Crippen MR) is 282 cm³/mol. The van der Waals surface area contributed by atoms with Crippen molar-refractivity contribution < 1.29 is 28.6 Å². The second-order valence-electron chi connectivity index (χ2n) is 19.1. The molecule has 9 heteroatoms. The van der Waals surface area contributed by atoms with Gasteiger partial charge in [-0.15, -0.1) is 0 Å². The summed E-state index contributed by atoms with van der Waals surface area (Å²) in [6.07, 6.45) is 46.4. The van der Waals surface area contributed by atoms with E-state index in [0.717, 1.165) is 44.2 Å². The molecular weight excluding hydrogens is 847 g/mol. The molecule has 0 aliphatic rings. The van der Waals surface area contributed by atoms with Crippen LogP contribution in [0.15, 0.2) is 24.3 Å². The molecule has 0 heterocycles. The smallest absolute Gasteiger partial charge is 0.314 e. The van der Waals surface area contributed by atoms with Gasteiger partial charge in [-0.25, -0.2) is 0 Å². The van der Waals surface area contributed by atoms with Gasteiger partial charge < -0.3 is 19.1 Å². The van der Waals surface area contributed by atoms with Gasteiger partial charge in [0.2, 0.25) is 0 Å². The molecule has 65 heavy (non-hydrogen) atoms. The van der Waals surface area contributed by atoms with E-state index in [4.69, 9.17) is 14.2 Å². The van der Waals surface area contributed by atoms with Gasteiger partial charge in [-0.3, -0.25) is 14.4 Å². The molecule has 0 saturated heterocycles. The molecule has 0 saturated carbocycles. The first-order valence-corrected chi connectivity index (χ1v) is 29.9. The van der Waals surface area contributed by atoms with Crippen molar-refractivity contribution in [1.82, 2.24) is 4.90 Å². The molecule has 378 valence electrons. The number of hydrogen-bond donors (Lipinski definition) is 0. The topological polar surface area (TPSA) is 82.1 Å². The van der Waals surface area contributed by atoms with E-state index in [9.17, 15) is 14.4 Å². The van der Waals surface area contributed by atoms with Crippen LogP contribution in [-0.4, -0.2) is 68.2 Å². The zero-order valence-corrected chi connectivity index (χ0v) is 44.4. The van der Waals surface area contributed by atoms with Crippen molar-refractivity contribution in [3.63, 3.8) is 0 Å². The molecule has 1 rings (SSSR count). The van der Waals surface area contributed by atoms with Gasteiger partial charge in [-0.2, -0.15) is 0 Å². The lowest BCUT2D eigenvalue weighted by Crippen LogP contribution is -2.21. The van der Waals surface area contributed by atoms with Crippen LogP contribution in [0.1, 0.15) is 251 Å². The summed E-state index contributed by atoms with van der Waals surface area (Å²) < 4.78 is 16.7. The van der Waals surface area contributed by atoms with Crippen molar-refractivity contribution in [3.8, 4) is 5.75 Å². The summed E-state index contributed by atoms with van der Waals surface area (Å²) in [7, 11) is 7.20. The van der Waals surface area contributed by atoms with Crippen LogP contribution in [0, 0.1) is 5.92 Å². The fraction of sp³-hybridized carbons (Fsp3) is 0.839. The Hall–Kier alpha value is -1.71. The SMILES string of the molecule is CCCCCCCCCCCCCCCCCCC(CCCCCCCCCCCCCCCCCC)C(=O)Oc1ccc(CC(=O)OCCSSCCOC(=O)CCCN(C)C)cc1. The minimum absolute atomic E-state index is 0.0629. The van der Waals surface area contributed by atoms with Crippen molar-refractivity contribution >= 4 is 39.5 Å². The van der Waals surface area contributed by atoms with E-state index >= 15 is 0 Å². The Morgan fingerprint density at radius 2 is 0.831 bits per heavy atom. The number of carbonyl (C=O) groups is 3. The minimum atomic E-state index is -0.273. The fourth-order valence-corrected chi connectivity index (χ4v) is 10.1. The highest BCUT2D eigenvalue weighted by molar-refractivity contribution is 8.76. The third kappa shape index (κ3) is 42.2. The molecule has 0 atom stereocenters. The molecule has 0 aliphatic carbocycles. The standard InChI is InChI=1S/C56H101NO6S2/c1-5-7-9-11-13-15-17-19-21-23-25-27-29-31-33-35-38-52(39-36-34-32-30-28-26-24-22-20-18-16-14-12-10-8-6-2)56(60)63-53-43-41-51(42-44-53)50-55(59)62-47-49-65-64-48-46-61-54(58)40-37-45-57(3)4/h41-44,52H,5-40,45-50H2,1-4H3. The van der Waals surface area contributed by atoms with Crippen molar-refractivity contribution in [2.24, 2.45) is 5.92 Å². The highest BCUT2D eigenvalue weighted by Crippen LogP contribution is 2.24. The molecule has 0 aliphatic heterocycles. The van der Waals surface area contributed by atoms with Crippen LogP contribution in [0.2, 0.25) is 0 Å². The number of rotatable bonds is 49. The van der Waals surface area contributed by atoms with Crippen LogP contribution in [-0.2, 0) is 30.3 Å². The van der Waals surface area contributed by atoms with Crippen LogP contribution < -0.4 is 4.74 Å². The molecule has 0 N–H and O–H groups in total. The summed E-state index contributed by atoms with van der Waals surface area (Å²) in [4.78, 5) is 39.9. The van der Waals surface area contributed by atoms with E-state index in [-0.39, 0.29) is 30.2 Å². The van der Waals surface area contributed by atoms with Crippen LogP contribution in [0.4, 0.5) is 0 Å². The van der Waals surface area contributed by atoms with E-state index in [1.807, 2.05) is 38.4 Å². The van der Waals surface area contributed by atoms with Gasteiger partial charge >= 0.3 is 17.9 Å². The lowest BCUT2D eigenvalue weighted by atomic mass is 9.94. The van der Waals surface area contributed by atoms with E-state index in [0.29, 0.717) is 36.9 Å². The third-order valence-corrected chi connectivity index (χ3v) is 14.9. The number of nitrogens with zero attached hydrogens (tertiary/aromatic N) is 1. The quantitative estimate of drug-likeness (QED) is 0.0274. The maximum Gasteiger partial charge on any atom is 0.314 e. The Morgan fingerprint density at radius 3 is 1.20 bits per heavy atom. The van der Waals surface area contributed by atoms with Crippen molar-refractivity contribution in [2.45, 2.75) is 251 Å². The summed E-state index contributed by atoms with van der Waals surface area (Å²) in [6, 6.07) is 7.33. The maximum absolute atomic E-state index is 13.6. The monoisotopic (exact) mass is 948 g/mol. The molecule has 0 spiro atoms. The highest BCUT2D eigenvalue weighted by Gasteiger charge is 2.20. The lowest BCUT2D eigenvalue weighted by molar-refractivity contribution is -0.143. The van der Waals surface area contributed by atoms with E-state index in [1.165, 1.54) is 193 Å². The Bertz CT molecular complexity index is 1180. The molecule has 0 amide bonds. The number of benzene rings is 1. The maximum atomic E-state index is 13.6. The summed E-state index contributed by atoms with van der Waals surface area (Å²) >= 11 is 0. The van der Waals surface area contributed by atoms with Crippen molar-refractivity contribution in [2.75, 3.05) is 45.4 Å². The fourth-order valence-electron chi connectivity index (χ4n) is 8.46. The van der Waals surface area contributed by atoms with Gasteiger partial charge in [-0.05, 0) is 57.6 Å². The van der Waals surface area contributed by atoms with Gasteiger partial charge in [-0.1, -0.05) is 253 Å². The largest absolute Gasteiger partial charge is 0.465 e. The second-order valence-corrected chi connectivity index (χ2v) is 21.8. The van der Waals surface area contributed by atoms with Gasteiger partial charge in [0.15, 0.2) is 0 Å². The Balaban J connectivity index is 2.36. The third-order valence-electron chi connectivity index (χ3n) is 12.6. The molecule has 1 aromatic rings. The molecule has 0 aromatic heterocycles. The van der Waals surface area contributed by atoms with Crippen molar-refractivity contribution in [1.29, 1.82) is 0 Å². The zero-order chi connectivity index (χ0) is 47.1. The molecule has 1 aromatic carbocycles.